The van der Waals surface area contributed by atoms with Crippen LogP contribution in [0.4, 0.5) is 0 Å². The van der Waals surface area contributed by atoms with Gasteiger partial charge in [0.1, 0.15) is 6.04 Å². The third kappa shape index (κ3) is 3.76. The van der Waals surface area contributed by atoms with Crippen LogP contribution in [0, 0.1) is 0 Å². The first-order chi connectivity index (χ1) is 7.69. The summed E-state index contributed by atoms with van der Waals surface area (Å²) in [4.78, 5) is 14.0. The molecule has 0 saturated carbocycles. The number of rotatable bonds is 6. The third-order valence-electron chi connectivity index (χ3n) is 3.32. The SMILES string of the molecule is CCOC(=O)C(CCN1CCCC1C)NC. The van der Waals surface area contributed by atoms with Gasteiger partial charge in [-0.1, -0.05) is 0 Å². The lowest BCUT2D eigenvalue weighted by atomic mass is 10.2. The zero-order chi connectivity index (χ0) is 12.0. The molecule has 1 heterocycles. The zero-order valence-electron chi connectivity index (χ0n) is 10.7. The van der Waals surface area contributed by atoms with Crippen LogP contribution in [0.3, 0.4) is 0 Å². The predicted molar refractivity (Wildman–Crippen MR) is 64.4 cm³/mol. The summed E-state index contributed by atoms with van der Waals surface area (Å²) in [5.74, 6) is -0.128. The van der Waals surface area contributed by atoms with Gasteiger partial charge in [-0.25, -0.2) is 0 Å². The van der Waals surface area contributed by atoms with Crippen molar-refractivity contribution in [2.75, 3.05) is 26.7 Å². The van der Waals surface area contributed by atoms with Gasteiger partial charge in [0, 0.05) is 12.6 Å². The fourth-order valence-electron chi connectivity index (χ4n) is 2.24. The second-order valence-corrected chi connectivity index (χ2v) is 4.41. The average molecular weight is 228 g/mol. The highest BCUT2D eigenvalue weighted by atomic mass is 16.5. The molecule has 4 nitrogen and oxygen atoms in total. The maximum Gasteiger partial charge on any atom is 0.323 e. The Bertz CT molecular complexity index is 221. The monoisotopic (exact) mass is 228 g/mol. The van der Waals surface area contributed by atoms with Gasteiger partial charge in [0.15, 0.2) is 0 Å². The van der Waals surface area contributed by atoms with Gasteiger partial charge in [-0.3, -0.25) is 4.79 Å². The van der Waals surface area contributed by atoms with Gasteiger partial charge in [-0.15, -0.1) is 0 Å². The molecule has 0 aromatic carbocycles. The van der Waals surface area contributed by atoms with Gasteiger partial charge in [0.25, 0.3) is 0 Å². The Labute approximate surface area is 98.3 Å². The molecule has 2 atom stereocenters. The van der Waals surface area contributed by atoms with Gasteiger partial charge < -0.3 is 15.0 Å². The van der Waals surface area contributed by atoms with Crippen molar-refractivity contribution in [3.63, 3.8) is 0 Å². The summed E-state index contributed by atoms with van der Waals surface area (Å²) >= 11 is 0. The number of nitrogens with zero attached hydrogens (tertiary/aromatic N) is 1. The topological polar surface area (TPSA) is 41.6 Å². The third-order valence-corrected chi connectivity index (χ3v) is 3.32. The molecule has 0 bridgehead atoms. The Morgan fingerprint density at radius 3 is 2.88 bits per heavy atom. The van der Waals surface area contributed by atoms with Crippen molar-refractivity contribution in [3.8, 4) is 0 Å². The standard InChI is InChI=1S/C12H24N2O2/c1-4-16-12(15)11(13-3)7-9-14-8-5-6-10(14)2/h10-11,13H,4-9H2,1-3H3. The van der Waals surface area contributed by atoms with Crippen molar-refractivity contribution in [1.82, 2.24) is 10.2 Å². The molecule has 0 aromatic rings. The lowest BCUT2D eigenvalue weighted by molar-refractivity contribution is -0.145. The van der Waals surface area contributed by atoms with Crippen molar-refractivity contribution >= 4 is 5.97 Å². The zero-order valence-corrected chi connectivity index (χ0v) is 10.7. The highest BCUT2D eigenvalue weighted by Gasteiger charge is 2.23. The predicted octanol–water partition coefficient (Wildman–Crippen LogP) is 1.01. The van der Waals surface area contributed by atoms with E-state index in [0.717, 1.165) is 13.0 Å². The highest BCUT2D eigenvalue weighted by molar-refractivity contribution is 5.75. The average Bonchev–Trinajstić information content (AvgIpc) is 2.66. The number of hydrogen-bond acceptors (Lipinski definition) is 4. The van der Waals surface area contributed by atoms with E-state index in [1.165, 1.54) is 19.4 Å². The van der Waals surface area contributed by atoms with Crippen LogP contribution >= 0.6 is 0 Å². The molecule has 94 valence electrons. The van der Waals surface area contributed by atoms with Crippen LogP contribution in [0.15, 0.2) is 0 Å². The van der Waals surface area contributed by atoms with Gasteiger partial charge in [-0.2, -0.15) is 0 Å². The van der Waals surface area contributed by atoms with Gasteiger partial charge in [-0.05, 0) is 46.7 Å². The molecule has 1 aliphatic heterocycles. The van der Waals surface area contributed by atoms with E-state index in [1.54, 1.807) is 0 Å². The van der Waals surface area contributed by atoms with Crippen LogP contribution in [0.5, 0.6) is 0 Å². The van der Waals surface area contributed by atoms with Crippen LogP contribution in [0.25, 0.3) is 0 Å². The summed E-state index contributed by atoms with van der Waals surface area (Å²) in [7, 11) is 1.81. The van der Waals surface area contributed by atoms with E-state index in [1.807, 2.05) is 14.0 Å². The summed E-state index contributed by atoms with van der Waals surface area (Å²) < 4.78 is 5.02. The van der Waals surface area contributed by atoms with Gasteiger partial charge in [0.05, 0.1) is 6.61 Å². The fourth-order valence-corrected chi connectivity index (χ4v) is 2.24. The second kappa shape index (κ2) is 6.86. The number of ether oxygens (including phenoxy) is 1. The van der Waals surface area contributed by atoms with Crippen molar-refractivity contribution in [2.45, 2.75) is 45.2 Å². The molecule has 0 radical (unpaired) electrons. The van der Waals surface area contributed by atoms with Crippen LogP contribution in [0.2, 0.25) is 0 Å². The number of esters is 1. The summed E-state index contributed by atoms with van der Waals surface area (Å²) in [6, 6.07) is 0.507. The minimum Gasteiger partial charge on any atom is -0.465 e. The molecule has 1 rings (SSSR count). The molecule has 0 amide bonds. The highest BCUT2D eigenvalue weighted by Crippen LogP contribution is 2.16. The van der Waals surface area contributed by atoms with E-state index in [2.05, 4.69) is 17.1 Å². The van der Waals surface area contributed by atoms with E-state index in [9.17, 15) is 4.79 Å². The van der Waals surface area contributed by atoms with Crippen molar-refractivity contribution < 1.29 is 9.53 Å². The molecule has 1 N–H and O–H groups in total. The summed E-state index contributed by atoms with van der Waals surface area (Å²) in [6.45, 7) is 6.70. The Hall–Kier alpha value is -0.610. The van der Waals surface area contributed by atoms with Crippen LogP contribution in [0.1, 0.15) is 33.1 Å². The van der Waals surface area contributed by atoms with E-state index in [-0.39, 0.29) is 12.0 Å². The Kier molecular flexibility index (Phi) is 5.77. The van der Waals surface area contributed by atoms with E-state index in [4.69, 9.17) is 4.74 Å². The maximum atomic E-state index is 11.6. The first-order valence-electron chi connectivity index (χ1n) is 6.27. The molecular formula is C12H24N2O2. The minimum atomic E-state index is -0.159. The molecule has 0 aliphatic carbocycles. The number of nitrogens with one attached hydrogen (secondary N) is 1. The largest absolute Gasteiger partial charge is 0.465 e. The molecule has 0 spiro atoms. The van der Waals surface area contributed by atoms with Crippen LogP contribution in [-0.4, -0.2) is 49.7 Å². The lowest BCUT2D eigenvalue weighted by Gasteiger charge is -2.23. The van der Waals surface area contributed by atoms with Crippen LogP contribution in [-0.2, 0) is 9.53 Å². The number of carbonyl (C=O) groups excluding carboxylic acids is 1. The Morgan fingerprint density at radius 2 is 2.38 bits per heavy atom. The summed E-state index contributed by atoms with van der Waals surface area (Å²) in [6.07, 6.45) is 3.40. The summed E-state index contributed by atoms with van der Waals surface area (Å²) in [5, 5.41) is 3.02. The lowest BCUT2D eigenvalue weighted by Crippen LogP contribution is -2.39. The first-order valence-corrected chi connectivity index (χ1v) is 6.27. The van der Waals surface area contributed by atoms with Gasteiger partial charge in [0.2, 0.25) is 0 Å². The molecule has 4 heteroatoms. The second-order valence-electron chi connectivity index (χ2n) is 4.41. The number of hydrogen-bond donors (Lipinski definition) is 1. The fraction of sp³-hybridized carbons (Fsp3) is 0.917. The normalized spacial score (nSPS) is 23.3. The van der Waals surface area contributed by atoms with Crippen molar-refractivity contribution in [2.24, 2.45) is 0 Å². The Morgan fingerprint density at radius 1 is 1.62 bits per heavy atom. The number of likely N-dealkylation sites (N-methyl/N-ethyl adjacent to an activating group) is 1. The number of carbonyl (C=O) groups is 1. The Balaban J connectivity index is 2.30. The minimum absolute atomic E-state index is 0.128. The molecule has 1 fully saturated rings. The maximum absolute atomic E-state index is 11.6. The molecule has 1 saturated heterocycles. The number of likely N-dealkylation sites (tertiary alicyclic amines) is 1. The molecule has 0 aromatic heterocycles. The van der Waals surface area contributed by atoms with Crippen molar-refractivity contribution in [3.05, 3.63) is 0 Å². The molecular weight excluding hydrogens is 204 g/mol. The van der Waals surface area contributed by atoms with Crippen molar-refractivity contribution in [1.29, 1.82) is 0 Å². The van der Waals surface area contributed by atoms with E-state index >= 15 is 0 Å². The quantitative estimate of drug-likeness (QED) is 0.689. The molecule has 2 unspecified atom stereocenters. The van der Waals surface area contributed by atoms with Crippen LogP contribution < -0.4 is 5.32 Å². The molecule has 1 aliphatic rings. The van der Waals surface area contributed by atoms with Gasteiger partial charge >= 0.3 is 5.97 Å². The van der Waals surface area contributed by atoms with E-state index < -0.39 is 0 Å². The molecule has 16 heavy (non-hydrogen) atoms. The van der Waals surface area contributed by atoms with E-state index in [0.29, 0.717) is 12.6 Å². The summed E-state index contributed by atoms with van der Waals surface area (Å²) in [5.41, 5.74) is 0. The smallest absolute Gasteiger partial charge is 0.323 e. The first kappa shape index (κ1) is 13.5.